The second-order valence-electron chi connectivity index (χ2n) is 8.07. The summed E-state index contributed by atoms with van der Waals surface area (Å²) < 4.78 is 20.1. The van der Waals surface area contributed by atoms with Crippen molar-refractivity contribution in [3.63, 3.8) is 0 Å². The van der Waals surface area contributed by atoms with E-state index in [4.69, 9.17) is 9.53 Å². The number of cyclic esters (lactones) is 1. The summed E-state index contributed by atoms with van der Waals surface area (Å²) in [6.45, 7) is 3.81. The Morgan fingerprint density at radius 2 is 1.83 bits per heavy atom. The first-order valence-corrected chi connectivity index (χ1v) is 13.9. The van der Waals surface area contributed by atoms with E-state index in [-0.39, 0.29) is 24.9 Å². The fraction of sp³-hybridized carbons (Fsp3) is 0.571. The van der Waals surface area contributed by atoms with Crippen molar-refractivity contribution in [2.24, 2.45) is 0 Å². The Morgan fingerprint density at radius 1 is 1.22 bits per heavy atom. The van der Waals surface area contributed by atoms with Gasteiger partial charge < -0.3 is 44.2 Å². The summed E-state index contributed by atoms with van der Waals surface area (Å²) in [7, 11) is -3.31. The van der Waals surface area contributed by atoms with Crippen LogP contribution >= 0.6 is 16.8 Å². The van der Waals surface area contributed by atoms with Crippen molar-refractivity contribution in [3.8, 4) is 0 Å². The Balaban J connectivity index is 0.00000145. The average Bonchev–Trinajstić information content (AvgIpc) is 3.19. The standard InChI is InChI=1S/C19H29FN4O7P2.C2H4O/c1-21-11-14-12-24(19(26)31-14)13-2-3-16(15(20)10-13)22-6-8-23(9-7-22)17(25)4-5-18(32(27)28)33(29)30;1-2-3/h2-3,10,14,18,21,27-30H,4-9,11-12H2,1H3;2H,1H3. The minimum absolute atomic E-state index is 0.0271. The zero-order valence-electron chi connectivity index (χ0n) is 20.2. The first-order valence-electron chi connectivity index (χ1n) is 11.3. The quantitative estimate of drug-likeness (QED) is 0.221. The van der Waals surface area contributed by atoms with E-state index in [1.54, 1.807) is 24.1 Å². The van der Waals surface area contributed by atoms with Gasteiger partial charge in [0, 0.05) is 39.1 Å². The minimum Gasteiger partial charge on any atom is -0.443 e. The number of aldehydes is 1. The van der Waals surface area contributed by atoms with Crippen LogP contribution < -0.4 is 15.1 Å². The van der Waals surface area contributed by atoms with Gasteiger partial charge >= 0.3 is 6.09 Å². The highest BCUT2D eigenvalue weighted by molar-refractivity contribution is 7.64. The summed E-state index contributed by atoms with van der Waals surface area (Å²) in [4.78, 5) is 75.1. The fourth-order valence-corrected chi connectivity index (χ4v) is 5.38. The number of rotatable bonds is 9. The largest absolute Gasteiger partial charge is 0.443 e. The molecule has 1 unspecified atom stereocenters. The van der Waals surface area contributed by atoms with Crippen LogP contribution in [0.2, 0.25) is 0 Å². The number of halogens is 1. The SMILES string of the molecule is CC=O.CNCC1CN(c2ccc(N3CCN(C(=O)CCC(P(O)O)P(O)O)CC3)c(F)c2)C(=O)O1. The third-order valence-corrected chi connectivity index (χ3v) is 8.49. The average molecular weight is 550 g/mol. The van der Waals surface area contributed by atoms with Gasteiger partial charge in [-0.15, -0.1) is 0 Å². The number of hydrogen-bond donors (Lipinski definition) is 5. The molecule has 2 saturated heterocycles. The van der Waals surface area contributed by atoms with E-state index < -0.39 is 34.1 Å². The Bertz CT molecular complexity index is 881. The lowest BCUT2D eigenvalue weighted by atomic mass is 10.2. The Morgan fingerprint density at radius 3 is 2.36 bits per heavy atom. The Kier molecular flexibility index (Phi) is 12.3. The smallest absolute Gasteiger partial charge is 0.414 e. The van der Waals surface area contributed by atoms with Crippen molar-refractivity contribution in [1.82, 2.24) is 10.2 Å². The highest BCUT2D eigenvalue weighted by Crippen LogP contribution is 2.51. The summed E-state index contributed by atoms with van der Waals surface area (Å²) >= 11 is 0. The number of hydrogen-bond acceptors (Lipinski definition) is 10. The Labute approximate surface area is 211 Å². The van der Waals surface area contributed by atoms with Crippen LogP contribution in [0.15, 0.2) is 18.2 Å². The Hall–Kier alpha value is -1.98. The predicted octanol–water partition coefficient (Wildman–Crippen LogP) is 0.923. The molecule has 0 bridgehead atoms. The lowest BCUT2D eigenvalue weighted by Crippen LogP contribution is -2.49. The van der Waals surface area contributed by atoms with E-state index in [1.165, 1.54) is 17.9 Å². The van der Waals surface area contributed by atoms with Gasteiger partial charge in [-0.05, 0) is 38.6 Å². The molecule has 3 rings (SSSR count). The zero-order chi connectivity index (χ0) is 26.8. The molecule has 1 aromatic rings. The van der Waals surface area contributed by atoms with Gasteiger partial charge in [-0.2, -0.15) is 0 Å². The van der Waals surface area contributed by atoms with Crippen LogP contribution in [-0.2, 0) is 14.3 Å². The third-order valence-electron chi connectivity index (χ3n) is 5.67. The second kappa shape index (κ2) is 14.7. The van der Waals surface area contributed by atoms with Gasteiger partial charge in [0.2, 0.25) is 5.91 Å². The molecule has 0 radical (unpaired) electrons. The molecule has 2 heterocycles. The van der Waals surface area contributed by atoms with Crippen LogP contribution in [0.4, 0.5) is 20.6 Å². The summed E-state index contributed by atoms with van der Waals surface area (Å²) in [6, 6.07) is 4.59. The minimum atomic E-state index is -2.53. The first-order chi connectivity index (χ1) is 17.1. The number of amides is 2. The normalized spacial score (nSPS) is 18.0. The summed E-state index contributed by atoms with van der Waals surface area (Å²) in [5.41, 5.74) is 0.798. The summed E-state index contributed by atoms with van der Waals surface area (Å²) in [5, 5.41) is 1.84. The molecule has 2 aliphatic heterocycles. The predicted molar refractivity (Wildman–Crippen MR) is 134 cm³/mol. The number of carbonyl (C=O) groups is 3. The van der Waals surface area contributed by atoms with Crippen LogP contribution in [0.3, 0.4) is 0 Å². The van der Waals surface area contributed by atoms with Crippen LogP contribution in [0.25, 0.3) is 0 Å². The number of nitrogens with one attached hydrogen (secondary N) is 1. The summed E-state index contributed by atoms with van der Waals surface area (Å²) in [6.07, 6.45) is -0.120. The zero-order valence-corrected chi connectivity index (χ0v) is 21.9. The second-order valence-corrected chi connectivity index (χ2v) is 11.0. The van der Waals surface area contributed by atoms with Crippen molar-refractivity contribution in [3.05, 3.63) is 24.0 Å². The lowest BCUT2D eigenvalue weighted by Gasteiger charge is -2.36. The van der Waals surface area contributed by atoms with Gasteiger partial charge in [0.15, 0.2) is 16.8 Å². The van der Waals surface area contributed by atoms with Gasteiger partial charge in [-0.3, -0.25) is 9.69 Å². The molecule has 0 aliphatic carbocycles. The number of piperazine rings is 1. The molecule has 36 heavy (non-hydrogen) atoms. The maximum absolute atomic E-state index is 14.9. The van der Waals surface area contributed by atoms with Crippen molar-refractivity contribution in [1.29, 1.82) is 0 Å². The molecule has 1 aromatic carbocycles. The number of carbonyl (C=O) groups excluding carboxylic acids is 3. The maximum Gasteiger partial charge on any atom is 0.414 e. The van der Waals surface area contributed by atoms with E-state index >= 15 is 0 Å². The number of anilines is 2. The van der Waals surface area contributed by atoms with E-state index in [1.807, 2.05) is 4.90 Å². The highest BCUT2D eigenvalue weighted by atomic mass is 31.2. The van der Waals surface area contributed by atoms with E-state index in [9.17, 15) is 33.6 Å². The molecule has 12 nitrogen and oxygen atoms in total. The molecule has 0 aromatic heterocycles. The third kappa shape index (κ3) is 8.27. The highest BCUT2D eigenvalue weighted by Gasteiger charge is 2.33. The number of ether oxygens (including phenoxy) is 1. The number of nitrogens with zero attached hydrogens (tertiary/aromatic N) is 3. The molecule has 2 aliphatic rings. The van der Waals surface area contributed by atoms with Gasteiger partial charge in [0.1, 0.15) is 18.2 Å². The fourth-order valence-electron chi connectivity index (χ4n) is 3.92. The van der Waals surface area contributed by atoms with Crippen molar-refractivity contribution < 1.29 is 43.1 Å². The molecule has 5 N–H and O–H groups in total. The van der Waals surface area contributed by atoms with Gasteiger partial charge in [-0.1, -0.05) is 0 Å². The topological polar surface area (TPSA) is 163 Å². The summed E-state index contributed by atoms with van der Waals surface area (Å²) in [5.74, 6) is -0.702. The van der Waals surface area contributed by atoms with Crippen LogP contribution in [0.1, 0.15) is 19.8 Å². The number of likely N-dealkylation sites (N-methyl/N-ethyl adjacent to an activating group) is 1. The maximum atomic E-state index is 14.9. The monoisotopic (exact) mass is 550 g/mol. The van der Waals surface area contributed by atoms with E-state index in [0.29, 0.717) is 50.6 Å². The molecule has 202 valence electrons. The molecular weight excluding hydrogens is 517 g/mol. The van der Waals surface area contributed by atoms with Crippen LogP contribution in [-0.4, -0.2) is 101 Å². The van der Waals surface area contributed by atoms with Gasteiger partial charge in [-0.25, -0.2) is 9.18 Å². The molecule has 1 atom stereocenters. The van der Waals surface area contributed by atoms with Crippen molar-refractivity contribution in [2.75, 3.05) is 56.1 Å². The molecule has 15 heteroatoms. The number of benzene rings is 1. The lowest BCUT2D eigenvalue weighted by molar-refractivity contribution is -0.131. The molecular formula is C21H33FN4O8P2. The van der Waals surface area contributed by atoms with Gasteiger partial charge in [0.25, 0.3) is 0 Å². The van der Waals surface area contributed by atoms with Gasteiger partial charge in [0.05, 0.1) is 23.3 Å². The molecule has 2 amide bonds. The molecule has 0 spiro atoms. The van der Waals surface area contributed by atoms with E-state index in [2.05, 4.69) is 5.32 Å². The van der Waals surface area contributed by atoms with Crippen molar-refractivity contribution >= 4 is 46.4 Å². The van der Waals surface area contributed by atoms with E-state index in [0.717, 1.165) is 6.29 Å². The van der Waals surface area contributed by atoms with Crippen molar-refractivity contribution in [2.45, 2.75) is 31.3 Å². The van der Waals surface area contributed by atoms with Crippen LogP contribution in [0.5, 0.6) is 0 Å². The molecule has 0 saturated carbocycles. The first kappa shape index (κ1) is 30.2. The molecule has 2 fully saturated rings. The van der Waals surface area contributed by atoms with Crippen LogP contribution in [0, 0.1) is 5.82 Å².